The molecule has 0 aromatic rings. The minimum absolute atomic E-state index is 0.108. The maximum Gasteiger partial charge on any atom is 0.353 e. The van der Waals surface area contributed by atoms with Gasteiger partial charge in [0.1, 0.15) is 0 Å². The van der Waals surface area contributed by atoms with Crippen LogP contribution in [0.15, 0.2) is 11.9 Å². The summed E-state index contributed by atoms with van der Waals surface area (Å²) in [6.07, 6.45) is 3.71. The molecule has 18 heavy (non-hydrogen) atoms. The lowest BCUT2D eigenvalue weighted by molar-refractivity contribution is 0.228. The van der Waals surface area contributed by atoms with Gasteiger partial charge in [0.25, 0.3) is 10.1 Å². The van der Waals surface area contributed by atoms with Crippen LogP contribution in [0.4, 0.5) is 0 Å². The van der Waals surface area contributed by atoms with Crippen LogP contribution in [0.1, 0.15) is 26.7 Å². The number of rotatable bonds is 10. The standard InChI is InChI=1S/C10H21O6PS/c1-4-14-17(11,15-5-2)10-8-6-7-9-16-18(3,12)13/h8,10H,4-7,9H2,1-3H3/b10-8+. The minimum Gasteiger partial charge on any atom is -0.306 e. The highest BCUT2D eigenvalue weighted by molar-refractivity contribution is 7.85. The van der Waals surface area contributed by atoms with Gasteiger partial charge >= 0.3 is 7.60 Å². The van der Waals surface area contributed by atoms with E-state index >= 15 is 0 Å². The Labute approximate surface area is 109 Å². The molecule has 0 amide bonds. The maximum atomic E-state index is 11.9. The molecule has 0 spiro atoms. The van der Waals surface area contributed by atoms with E-state index in [4.69, 9.17) is 9.05 Å². The van der Waals surface area contributed by atoms with E-state index in [1.54, 1.807) is 19.9 Å². The van der Waals surface area contributed by atoms with E-state index in [1.807, 2.05) is 0 Å². The molecule has 0 aromatic heterocycles. The van der Waals surface area contributed by atoms with E-state index in [1.165, 1.54) is 5.82 Å². The molecule has 0 atom stereocenters. The fourth-order valence-electron chi connectivity index (χ4n) is 1.10. The number of unbranched alkanes of at least 4 members (excludes halogenated alkanes) is 1. The van der Waals surface area contributed by atoms with Crippen molar-refractivity contribution < 1.29 is 26.2 Å². The van der Waals surface area contributed by atoms with E-state index in [2.05, 4.69) is 4.18 Å². The first-order chi connectivity index (χ1) is 8.33. The Morgan fingerprint density at radius 1 is 1.17 bits per heavy atom. The second-order valence-electron chi connectivity index (χ2n) is 3.43. The van der Waals surface area contributed by atoms with Crippen LogP contribution in [0.25, 0.3) is 0 Å². The number of allylic oxidation sites excluding steroid dienone is 1. The van der Waals surface area contributed by atoms with Crippen molar-refractivity contribution in [2.45, 2.75) is 26.7 Å². The molecule has 0 unspecified atom stereocenters. The van der Waals surface area contributed by atoms with Crippen LogP contribution >= 0.6 is 7.60 Å². The maximum absolute atomic E-state index is 11.9. The summed E-state index contributed by atoms with van der Waals surface area (Å²) in [6, 6.07) is 0. The van der Waals surface area contributed by atoms with Gasteiger partial charge in [-0.1, -0.05) is 6.08 Å². The first-order valence-electron chi connectivity index (χ1n) is 5.74. The lowest BCUT2D eigenvalue weighted by Crippen LogP contribution is -2.03. The summed E-state index contributed by atoms with van der Waals surface area (Å²) >= 11 is 0. The Bertz CT molecular complexity index is 379. The van der Waals surface area contributed by atoms with Crippen molar-refractivity contribution in [3.63, 3.8) is 0 Å². The molecule has 8 heteroatoms. The van der Waals surface area contributed by atoms with Crippen molar-refractivity contribution in [1.29, 1.82) is 0 Å². The van der Waals surface area contributed by atoms with Gasteiger partial charge in [-0.25, -0.2) is 0 Å². The molecule has 0 heterocycles. The van der Waals surface area contributed by atoms with Crippen LogP contribution in [0.5, 0.6) is 0 Å². The topological polar surface area (TPSA) is 78.9 Å². The highest BCUT2D eigenvalue weighted by atomic mass is 32.2. The molecule has 0 aliphatic carbocycles. The monoisotopic (exact) mass is 300 g/mol. The smallest absolute Gasteiger partial charge is 0.306 e. The Morgan fingerprint density at radius 3 is 2.17 bits per heavy atom. The van der Waals surface area contributed by atoms with Crippen molar-refractivity contribution >= 4 is 17.7 Å². The van der Waals surface area contributed by atoms with Gasteiger partial charge in [-0.2, -0.15) is 8.42 Å². The summed E-state index contributed by atoms with van der Waals surface area (Å²) < 4.78 is 47.9. The summed E-state index contributed by atoms with van der Waals surface area (Å²) in [6.45, 7) is 4.19. The predicted octanol–water partition coefficient (Wildman–Crippen LogP) is 2.52. The molecule has 0 N–H and O–H groups in total. The Kier molecular flexibility index (Phi) is 8.73. The fourth-order valence-corrected chi connectivity index (χ4v) is 2.89. The zero-order chi connectivity index (χ0) is 14.1. The lowest BCUT2D eigenvalue weighted by Gasteiger charge is -2.12. The third-order valence-electron chi connectivity index (χ3n) is 1.72. The molecular weight excluding hydrogens is 279 g/mol. The highest BCUT2D eigenvalue weighted by Gasteiger charge is 2.18. The highest BCUT2D eigenvalue weighted by Crippen LogP contribution is 2.49. The SMILES string of the molecule is CCOP(=O)(/C=C/CCCOS(C)(=O)=O)OCC. The van der Waals surface area contributed by atoms with Crippen molar-refractivity contribution in [2.24, 2.45) is 0 Å². The zero-order valence-electron chi connectivity index (χ0n) is 11.0. The first kappa shape index (κ1) is 17.8. The molecule has 0 fully saturated rings. The van der Waals surface area contributed by atoms with Gasteiger partial charge in [0.2, 0.25) is 0 Å². The summed E-state index contributed by atoms with van der Waals surface area (Å²) in [5.74, 6) is 1.40. The summed E-state index contributed by atoms with van der Waals surface area (Å²) in [4.78, 5) is 0. The van der Waals surface area contributed by atoms with E-state index in [-0.39, 0.29) is 6.61 Å². The van der Waals surface area contributed by atoms with Gasteiger partial charge in [0, 0.05) is 5.82 Å². The minimum atomic E-state index is -3.39. The van der Waals surface area contributed by atoms with Gasteiger partial charge in [0.15, 0.2) is 0 Å². The van der Waals surface area contributed by atoms with Gasteiger partial charge in [-0.3, -0.25) is 8.75 Å². The average Bonchev–Trinajstić information content (AvgIpc) is 2.22. The van der Waals surface area contributed by atoms with E-state index < -0.39 is 17.7 Å². The summed E-state index contributed by atoms with van der Waals surface area (Å²) in [7, 11) is -6.53. The van der Waals surface area contributed by atoms with Crippen molar-refractivity contribution in [2.75, 3.05) is 26.1 Å². The van der Waals surface area contributed by atoms with Crippen LogP contribution in [-0.4, -0.2) is 34.5 Å². The average molecular weight is 300 g/mol. The largest absolute Gasteiger partial charge is 0.353 e. The Morgan fingerprint density at radius 2 is 1.72 bits per heavy atom. The Balaban J connectivity index is 4.02. The molecule has 0 aliphatic rings. The molecule has 0 aromatic carbocycles. The second kappa shape index (κ2) is 8.82. The third-order valence-corrected chi connectivity index (χ3v) is 4.13. The van der Waals surface area contributed by atoms with Gasteiger partial charge in [-0.05, 0) is 26.7 Å². The van der Waals surface area contributed by atoms with Gasteiger partial charge in [0.05, 0.1) is 26.1 Å². The number of hydrogen-bond acceptors (Lipinski definition) is 6. The number of hydrogen-bond donors (Lipinski definition) is 0. The predicted molar refractivity (Wildman–Crippen MR) is 70.0 cm³/mol. The van der Waals surface area contributed by atoms with Crippen LogP contribution < -0.4 is 0 Å². The Hall–Kier alpha value is -0.200. The molecule has 0 saturated heterocycles. The van der Waals surface area contributed by atoms with Crippen molar-refractivity contribution in [3.05, 3.63) is 11.9 Å². The molecule has 108 valence electrons. The molecule has 0 rings (SSSR count). The summed E-state index contributed by atoms with van der Waals surface area (Å²) in [5, 5.41) is 0. The van der Waals surface area contributed by atoms with Crippen LogP contribution in [0, 0.1) is 0 Å². The zero-order valence-corrected chi connectivity index (χ0v) is 12.7. The molecule has 6 nitrogen and oxygen atoms in total. The van der Waals surface area contributed by atoms with Crippen molar-refractivity contribution in [3.8, 4) is 0 Å². The van der Waals surface area contributed by atoms with Crippen LogP contribution in [0.2, 0.25) is 0 Å². The quantitative estimate of drug-likeness (QED) is 0.350. The lowest BCUT2D eigenvalue weighted by atomic mass is 10.3. The van der Waals surface area contributed by atoms with E-state index in [0.717, 1.165) is 6.26 Å². The molecule has 0 saturated carbocycles. The van der Waals surface area contributed by atoms with Crippen molar-refractivity contribution in [1.82, 2.24) is 0 Å². The molecule has 0 bridgehead atoms. The first-order valence-corrected chi connectivity index (χ1v) is 9.16. The molecule has 0 aliphatic heterocycles. The van der Waals surface area contributed by atoms with Gasteiger partial charge in [-0.15, -0.1) is 0 Å². The summed E-state index contributed by atoms with van der Waals surface area (Å²) in [5.41, 5.74) is 0. The van der Waals surface area contributed by atoms with Crippen LogP contribution in [0.3, 0.4) is 0 Å². The van der Waals surface area contributed by atoms with E-state index in [0.29, 0.717) is 26.1 Å². The van der Waals surface area contributed by atoms with E-state index in [9.17, 15) is 13.0 Å². The third kappa shape index (κ3) is 9.79. The normalized spacial score (nSPS) is 13.3. The molecular formula is C10H21O6PS. The fraction of sp³-hybridized carbons (Fsp3) is 0.800. The second-order valence-corrected chi connectivity index (χ2v) is 6.97. The van der Waals surface area contributed by atoms with Crippen LogP contribution in [-0.2, 0) is 27.9 Å². The van der Waals surface area contributed by atoms with Gasteiger partial charge < -0.3 is 9.05 Å². The molecule has 0 radical (unpaired) electrons.